The molecule has 0 aliphatic rings. The highest BCUT2D eigenvalue weighted by Crippen LogP contribution is 2.11. The number of hydrogen-bond acceptors (Lipinski definition) is 10. The molecule has 0 rings (SSSR count). The monoisotopic (exact) mass is 599 g/mol. The minimum Gasteiger partial charge on any atom is -0.428 e. The third kappa shape index (κ3) is 61.2. The molecule has 0 amide bonds. The first kappa shape index (κ1) is 43.5. The second-order valence-electron chi connectivity index (χ2n) is 9.28. The molecule has 226 valence electrons. The summed E-state index contributed by atoms with van der Waals surface area (Å²) in [5.74, 6) is 0. The van der Waals surface area contributed by atoms with Crippen molar-refractivity contribution in [1.29, 1.82) is 0 Å². The Labute approximate surface area is 239 Å². The van der Waals surface area contributed by atoms with Gasteiger partial charge >= 0.3 is 12.3 Å². The van der Waals surface area contributed by atoms with Gasteiger partial charge < -0.3 is 40.9 Å². The van der Waals surface area contributed by atoms with Gasteiger partial charge in [0.2, 0.25) is 0 Å². The van der Waals surface area contributed by atoms with Crippen LogP contribution < -0.4 is 17.2 Å². The van der Waals surface area contributed by atoms with Crippen molar-refractivity contribution in [3.8, 4) is 0 Å². The number of carbonyl (C=O) groups excluding carboxylic acids is 2. The normalized spacial score (nSPS) is 10.6. The molecule has 0 saturated carbocycles. The lowest BCUT2D eigenvalue weighted by Gasteiger charge is -2.20. The largest absolute Gasteiger partial charge is 0.519 e. The van der Waals surface area contributed by atoms with Crippen LogP contribution in [0.4, 0.5) is 9.59 Å². The van der Waals surface area contributed by atoms with Gasteiger partial charge in [0.25, 0.3) is 0 Å². The molecule has 0 aromatic carbocycles. The van der Waals surface area contributed by atoms with E-state index in [-0.39, 0.29) is 0 Å². The molecule has 6 N–H and O–H groups in total. The van der Waals surface area contributed by atoms with Crippen molar-refractivity contribution in [3.05, 3.63) is 0 Å². The van der Waals surface area contributed by atoms with E-state index >= 15 is 0 Å². The molecule has 0 aromatic heterocycles. The van der Waals surface area contributed by atoms with Crippen LogP contribution in [0.3, 0.4) is 0 Å². The second kappa shape index (κ2) is 30.0. The highest BCUT2D eigenvalue weighted by Gasteiger charge is 2.24. The molecule has 0 atom stereocenters. The lowest BCUT2D eigenvalue weighted by atomic mass is 10.2. The number of rotatable bonds is 12. The fraction of sp³-hybridized carbons (Fsp3) is 0.917. The van der Waals surface area contributed by atoms with E-state index in [1.165, 1.54) is 12.8 Å². The Morgan fingerprint density at radius 1 is 0.649 bits per heavy atom. The molecule has 0 radical (unpaired) electrons. The third-order valence-electron chi connectivity index (χ3n) is 3.07. The second-order valence-corrected chi connectivity index (χ2v) is 11.3. The SMILES string of the molecule is CC(C)(C)OC(=O)OC(=O)OC(C)(C)C.CCCCOCCCN.ClC(Cl)Cl.NCCCOCCCN. The zero-order valence-electron chi connectivity index (χ0n) is 23.8. The Kier molecular flexibility index (Phi) is 35.2. The number of ether oxygens (including phenoxy) is 5. The topological polar surface area (TPSA) is 158 Å². The van der Waals surface area contributed by atoms with Crippen LogP contribution in [-0.2, 0) is 23.7 Å². The van der Waals surface area contributed by atoms with Gasteiger partial charge in [-0.1, -0.05) is 48.1 Å². The molecule has 10 nitrogen and oxygen atoms in total. The van der Waals surface area contributed by atoms with Gasteiger partial charge in [0.1, 0.15) is 11.2 Å². The van der Waals surface area contributed by atoms with Gasteiger partial charge in [-0.15, -0.1) is 0 Å². The Morgan fingerprint density at radius 2 is 0.919 bits per heavy atom. The highest BCUT2D eigenvalue weighted by atomic mass is 35.6. The first-order valence-corrected chi connectivity index (χ1v) is 13.7. The van der Waals surface area contributed by atoms with E-state index in [0.717, 1.165) is 52.2 Å². The van der Waals surface area contributed by atoms with Crippen molar-refractivity contribution >= 4 is 47.1 Å². The van der Waals surface area contributed by atoms with E-state index in [1.54, 1.807) is 41.5 Å². The number of alkyl halides is 3. The third-order valence-corrected chi connectivity index (χ3v) is 3.07. The number of halogens is 3. The van der Waals surface area contributed by atoms with Crippen LogP contribution >= 0.6 is 34.8 Å². The van der Waals surface area contributed by atoms with Crippen LogP contribution in [0.2, 0.25) is 0 Å². The zero-order valence-corrected chi connectivity index (χ0v) is 26.1. The fourth-order valence-electron chi connectivity index (χ4n) is 1.62. The number of hydrogen-bond donors (Lipinski definition) is 3. The molecule has 0 aliphatic heterocycles. The molecule has 0 aromatic rings. The summed E-state index contributed by atoms with van der Waals surface area (Å²) < 4.78 is 23.4. The molecule has 0 fully saturated rings. The van der Waals surface area contributed by atoms with E-state index in [0.29, 0.717) is 13.1 Å². The predicted octanol–water partition coefficient (Wildman–Crippen LogP) is 5.71. The standard InChI is InChI=1S/C10H18O5.C7H17NO.C6H16N2O.CHCl3/c1-9(2,3)14-7(11)13-8(12)15-10(4,5)6;1-2-3-6-9-7-4-5-8;7-3-1-5-9-6-2-4-8;2-1(3)4/h1-6H3;2-8H2,1H3;1-8H2;1H. The minimum atomic E-state index is -1.06. The molecule has 0 bridgehead atoms. The lowest BCUT2D eigenvalue weighted by Crippen LogP contribution is -2.29. The van der Waals surface area contributed by atoms with E-state index in [4.69, 9.17) is 71.0 Å². The van der Waals surface area contributed by atoms with Gasteiger partial charge in [0.05, 0.1) is 0 Å². The van der Waals surface area contributed by atoms with Crippen LogP contribution in [0.1, 0.15) is 80.6 Å². The molecule has 0 unspecified atom stereocenters. The van der Waals surface area contributed by atoms with E-state index in [2.05, 4.69) is 11.7 Å². The number of nitrogens with two attached hydrogens (primary N) is 3. The van der Waals surface area contributed by atoms with Crippen molar-refractivity contribution in [3.63, 3.8) is 0 Å². The molecule has 0 aliphatic carbocycles. The summed E-state index contributed by atoms with van der Waals surface area (Å²) in [5, 5.41) is 0. The molecule has 0 spiro atoms. The van der Waals surface area contributed by atoms with Gasteiger partial charge in [-0.3, -0.25) is 0 Å². The molecular weight excluding hydrogens is 549 g/mol. The van der Waals surface area contributed by atoms with Crippen LogP contribution in [0.5, 0.6) is 0 Å². The maximum absolute atomic E-state index is 11.0. The summed E-state index contributed by atoms with van der Waals surface area (Å²) >= 11 is 14.4. The maximum atomic E-state index is 11.0. The quantitative estimate of drug-likeness (QED) is 0.110. The van der Waals surface area contributed by atoms with Crippen LogP contribution in [-0.4, -0.2) is 73.9 Å². The Hall–Kier alpha value is -0.590. The summed E-state index contributed by atoms with van der Waals surface area (Å²) in [4.78, 5) is 22.0. The summed E-state index contributed by atoms with van der Waals surface area (Å²) in [5.41, 5.74) is 14.3. The molecule has 0 heterocycles. The highest BCUT2D eigenvalue weighted by molar-refractivity contribution is 6.63. The minimum absolute atomic E-state index is 0.695. The van der Waals surface area contributed by atoms with Crippen LogP contribution in [0, 0.1) is 0 Å². The van der Waals surface area contributed by atoms with Crippen LogP contribution in [0.25, 0.3) is 0 Å². The first-order chi connectivity index (χ1) is 17.1. The fourth-order valence-corrected chi connectivity index (χ4v) is 1.62. The molecule has 37 heavy (non-hydrogen) atoms. The first-order valence-electron chi connectivity index (χ1n) is 12.4. The van der Waals surface area contributed by atoms with Gasteiger partial charge in [-0.2, -0.15) is 0 Å². The van der Waals surface area contributed by atoms with Crippen molar-refractivity contribution in [1.82, 2.24) is 0 Å². The average Bonchev–Trinajstić information content (AvgIpc) is 2.71. The molecule has 0 saturated heterocycles. The number of unbranched alkanes of at least 4 members (excludes halogenated alkanes) is 1. The van der Waals surface area contributed by atoms with Gasteiger partial charge in [-0.05, 0) is 86.9 Å². The van der Waals surface area contributed by atoms with Crippen molar-refractivity contribution in [2.75, 3.05) is 46.1 Å². The Morgan fingerprint density at radius 3 is 1.14 bits per heavy atom. The predicted molar refractivity (Wildman–Crippen MR) is 152 cm³/mol. The lowest BCUT2D eigenvalue weighted by molar-refractivity contribution is -0.0293. The van der Waals surface area contributed by atoms with E-state index in [1.807, 2.05) is 0 Å². The summed E-state index contributed by atoms with van der Waals surface area (Å²) in [6.45, 7) is 17.6. The van der Waals surface area contributed by atoms with Gasteiger partial charge in [0.15, 0.2) is 4.30 Å². The van der Waals surface area contributed by atoms with Gasteiger partial charge in [-0.25, -0.2) is 9.59 Å². The van der Waals surface area contributed by atoms with E-state index in [9.17, 15) is 9.59 Å². The van der Waals surface area contributed by atoms with E-state index < -0.39 is 27.8 Å². The Bertz CT molecular complexity index is 450. The van der Waals surface area contributed by atoms with Crippen molar-refractivity contribution in [2.45, 2.75) is 96.1 Å². The number of carbonyl (C=O) groups is 2. The average molecular weight is 601 g/mol. The molecule has 13 heteroatoms. The molecular formula is C24H52Cl3N3O7. The van der Waals surface area contributed by atoms with Gasteiger partial charge in [0, 0.05) is 26.4 Å². The zero-order chi connectivity index (χ0) is 29.8. The maximum Gasteiger partial charge on any atom is 0.519 e. The van der Waals surface area contributed by atoms with Crippen molar-refractivity contribution < 1.29 is 33.3 Å². The smallest absolute Gasteiger partial charge is 0.428 e. The Balaban J connectivity index is -0.000000214. The summed E-state index contributed by atoms with van der Waals surface area (Å²) in [7, 11) is 0. The summed E-state index contributed by atoms with van der Waals surface area (Å²) in [6.07, 6.45) is 3.15. The summed E-state index contributed by atoms with van der Waals surface area (Å²) in [6, 6.07) is 0. The van der Waals surface area contributed by atoms with Crippen molar-refractivity contribution in [2.24, 2.45) is 17.2 Å². The van der Waals surface area contributed by atoms with Crippen LogP contribution in [0.15, 0.2) is 0 Å².